The van der Waals surface area contributed by atoms with Gasteiger partial charge < -0.3 is 14.9 Å². The van der Waals surface area contributed by atoms with Gasteiger partial charge in [-0.25, -0.2) is 18.0 Å². The van der Waals surface area contributed by atoms with Gasteiger partial charge in [-0.1, -0.05) is 29.8 Å². The van der Waals surface area contributed by atoms with Crippen molar-refractivity contribution in [3.8, 4) is 5.75 Å². The molecule has 0 bridgehead atoms. The van der Waals surface area contributed by atoms with Gasteiger partial charge in [-0.15, -0.1) is 0 Å². The number of carbonyl (C=O) groups is 2. The van der Waals surface area contributed by atoms with Crippen molar-refractivity contribution in [3.05, 3.63) is 59.1 Å². The highest BCUT2D eigenvalue weighted by atomic mass is 35.5. The molecule has 9 nitrogen and oxygen atoms in total. The summed E-state index contributed by atoms with van der Waals surface area (Å²) < 4.78 is 64.0. The monoisotopic (exact) mass is 538 g/mol. The summed E-state index contributed by atoms with van der Waals surface area (Å²) >= 11 is 6.07. The molecule has 0 unspecified atom stereocenters. The second kappa shape index (κ2) is 12.2. The molecule has 0 aromatic heterocycles. The van der Waals surface area contributed by atoms with Gasteiger partial charge in [-0.3, -0.25) is 4.90 Å². The molecule has 35 heavy (non-hydrogen) atoms. The fourth-order valence-corrected chi connectivity index (χ4v) is 4.70. The van der Waals surface area contributed by atoms with Crippen molar-refractivity contribution in [1.82, 2.24) is 9.21 Å². The molecule has 3 rings (SSSR count). The molecular weight excluding hydrogens is 517 g/mol. The molecule has 1 saturated heterocycles. The molecule has 0 radical (unpaired) electrons. The standard InChI is InChI=1S/C19H21ClN2O5S.C2HF3O2/c20-16-6-7-18(27-14-19(23)24)15(12-16)13-21-8-10-22(11-9-21)28(25,26)17-4-2-1-3-5-17;3-2(4,5)1(6)7/h1-7,12H,8-11,13-14H2,(H,23,24);(H,6,7). The lowest BCUT2D eigenvalue weighted by atomic mass is 10.1. The summed E-state index contributed by atoms with van der Waals surface area (Å²) in [4.78, 5) is 22.0. The zero-order valence-corrected chi connectivity index (χ0v) is 19.7. The fourth-order valence-electron chi connectivity index (χ4n) is 3.06. The first-order valence-electron chi connectivity index (χ1n) is 10.0. The molecule has 0 spiro atoms. The molecular formula is C21H22ClF3N2O7S. The van der Waals surface area contributed by atoms with Crippen LogP contribution in [0.5, 0.6) is 5.75 Å². The number of piperazine rings is 1. The van der Waals surface area contributed by atoms with E-state index in [1.807, 2.05) is 0 Å². The smallest absolute Gasteiger partial charge is 0.482 e. The van der Waals surface area contributed by atoms with E-state index in [1.54, 1.807) is 48.5 Å². The van der Waals surface area contributed by atoms with Crippen molar-refractivity contribution in [2.75, 3.05) is 32.8 Å². The van der Waals surface area contributed by atoms with Crippen molar-refractivity contribution in [2.24, 2.45) is 0 Å². The summed E-state index contributed by atoms with van der Waals surface area (Å²) in [6.07, 6.45) is -5.08. The van der Waals surface area contributed by atoms with Crippen molar-refractivity contribution >= 4 is 33.6 Å². The number of carboxylic acid groups (broad SMARTS) is 2. The van der Waals surface area contributed by atoms with Gasteiger partial charge in [-0.05, 0) is 30.3 Å². The quantitative estimate of drug-likeness (QED) is 0.551. The van der Waals surface area contributed by atoms with Crippen LogP contribution in [-0.4, -0.2) is 78.7 Å². The molecule has 1 aliphatic heterocycles. The third-order valence-electron chi connectivity index (χ3n) is 4.72. The summed E-state index contributed by atoms with van der Waals surface area (Å²) in [6.45, 7) is 1.92. The predicted octanol–water partition coefficient (Wildman–Crippen LogP) is 2.94. The van der Waals surface area contributed by atoms with Crippen molar-refractivity contribution in [2.45, 2.75) is 17.6 Å². The summed E-state index contributed by atoms with van der Waals surface area (Å²) in [5.74, 6) is -3.35. The molecule has 1 heterocycles. The molecule has 0 amide bonds. The minimum atomic E-state index is -5.08. The lowest BCUT2D eigenvalue weighted by Gasteiger charge is -2.34. The molecule has 192 valence electrons. The third kappa shape index (κ3) is 8.69. The highest BCUT2D eigenvalue weighted by molar-refractivity contribution is 7.89. The maximum absolute atomic E-state index is 12.7. The third-order valence-corrected chi connectivity index (χ3v) is 6.87. The fraction of sp³-hybridized carbons (Fsp3) is 0.333. The Balaban J connectivity index is 0.000000540. The average Bonchev–Trinajstić information content (AvgIpc) is 2.79. The van der Waals surface area contributed by atoms with Crippen molar-refractivity contribution < 1.29 is 46.1 Å². The van der Waals surface area contributed by atoms with E-state index >= 15 is 0 Å². The summed E-state index contributed by atoms with van der Waals surface area (Å²) in [6, 6.07) is 13.4. The van der Waals surface area contributed by atoms with E-state index in [1.165, 1.54) is 4.31 Å². The number of ether oxygens (including phenoxy) is 1. The summed E-state index contributed by atoms with van der Waals surface area (Å²) in [5, 5.41) is 16.5. The van der Waals surface area contributed by atoms with Crippen LogP contribution in [0.15, 0.2) is 53.4 Å². The number of nitrogens with zero attached hydrogens (tertiary/aromatic N) is 2. The molecule has 2 aromatic rings. The molecule has 2 N–H and O–H groups in total. The Labute approximate surface area is 204 Å². The number of hydrogen-bond donors (Lipinski definition) is 2. The largest absolute Gasteiger partial charge is 0.490 e. The zero-order valence-electron chi connectivity index (χ0n) is 18.1. The lowest BCUT2D eigenvalue weighted by molar-refractivity contribution is -0.192. The van der Waals surface area contributed by atoms with Crippen LogP contribution < -0.4 is 4.74 Å². The second-order valence-corrected chi connectivity index (χ2v) is 9.61. The van der Waals surface area contributed by atoms with E-state index in [-0.39, 0.29) is 0 Å². The Morgan fingerprint density at radius 3 is 2.09 bits per heavy atom. The van der Waals surface area contributed by atoms with E-state index in [0.717, 1.165) is 5.56 Å². The van der Waals surface area contributed by atoms with Gasteiger partial charge >= 0.3 is 18.1 Å². The van der Waals surface area contributed by atoms with Crippen LogP contribution in [0.25, 0.3) is 0 Å². The lowest BCUT2D eigenvalue weighted by Crippen LogP contribution is -2.48. The Hall–Kier alpha value is -2.87. The van der Waals surface area contributed by atoms with E-state index in [0.29, 0.717) is 48.4 Å². The van der Waals surface area contributed by atoms with Crippen LogP contribution in [0.4, 0.5) is 13.2 Å². The maximum atomic E-state index is 12.7. The van der Waals surface area contributed by atoms with E-state index in [4.69, 9.17) is 31.3 Å². The highest BCUT2D eigenvalue weighted by Gasteiger charge is 2.38. The number of aliphatic carboxylic acids is 2. The first-order chi connectivity index (χ1) is 16.3. The zero-order chi connectivity index (χ0) is 26.2. The SMILES string of the molecule is O=C(O)C(F)(F)F.O=C(O)COc1ccc(Cl)cc1CN1CCN(S(=O)(=O)c2ccccc2)CC1. The second-order valence-electron chi connectivity index (χ2n) is 7.23. The number of benzene rings is 2. The van der Waals surface area contributed by atoms with Gasteiger partial charge in [0, 0.05) is 43.3 Å². The molecule has 0 aliphatic carbocycles. The van der Waals surface area contributed by atoms with Gasteiger partial charge in [0.15, 0.2) is 6.61 Å². The number of carboxylic acids is 2. The topological polar surface area (TPSA) is 124 Å². The van der Waals surface area contributed by atoms with Crippen LogP contribution in [0.3, 0.4) is 0 Å². The number of halogens is 4. The molecule has 0 saturated carbocycles. The van der Waals surface area contributed by atoms with Gasteiger partial charge in [0.1, 0.15) is 5.75 Å². The average molecular weight is 539 g/mol. The maximum Gasteiger partial charge on any atom is 0.490 e. The number of hydrogen-bond acceptors (Lipinski definition) is 6. The Morgan fingerprint density at radius 2 is 1.57 bits per heavy atom. The Morgan fingerprint density at radius 1 is 1.00 bits per heavy atom. The number of rotatable bonds is 7. The normalized spacial score (nSPS) is 15.1. The van der Waals surface area contributed by atoms with Gasteiger partial charge in [0.2, 0.25) is 10.0 Å². The molecule has 14 heteroatoms. The van der Waals surface area contributed by atoms with Crippen molar-refractivity contribution in [1.29, 1.82) is 0 Å². The predicted molar refractivity (Wildman–Crippen MR) is 119 cm³/mol. The number of sulfonamides is 1. The van der Waals surface area contributed by atoms with E-state index in [9.17, 15) is 26.4 Å². The first-order valence-corrected chi connectivity index (χ1v) is 11.8. The van der Waals surface area contributed by atoms with Crippen LogP contribution in [0, 0.1) is 0 Å². The Kier molecular flexibility index (Phi) is 9.89. The summed E-state index contributed by atoms with van der Waals surface area (Å²) in [7, 11) is -3.50. The molecule has 1 fully saturated rings. The minimum Gasteiger partial charge on any atom is -0.482 e. The highest BCUT2D eigenvalue weighted by Crippen LogP contribution is 2.25. The first kappa shape index (κ1) is 28.4. The van der Waals surface area contributed by atoms with Crippen LogP contribution in [0.1, 0.15) is 5.56 Å². The van der Waals surface area contributed by atoms with Crippen molar-refractivity contribution in [3.63, 3.8) is 0 Å². The molecule has 1 aliphatic rings. The van der Waals surface area contributed by atoms with E-state index in [2.05, 4.69) is 4.90 Å². The van der Waals surface area contributed by atoms with Gasteiger partial charge in [-0.2, -0.15) is 17.5 Å². The number of alkyl halides is 3. The van der Waals surface area contributed by atoms with Crippen LogP contribution >= 0.6 is 11.6 Å². The molecule has 2 aromatic carbocycles. The van der Waals surface area contributed by atoms with Crippen LogP contribution in [0.2, 0.25) is 5.02 Å². The molecule has 0 atom stereocenters. The Bertz CT molecular complexity index is 1120. The van der Waals surface area contributed by atoms with E-state index < -0.39 is 34.7 Å². The van der Waals surface area contributed by atoms with Crippen LogP contribution in [-0.2, 0) is 26.2 Å². The van der Waals surface area contributed by atoms with Gasteiger partial charge in [0.25, 0.3) is 0 Å². The summed E-state index contributed by atoms with van der Waals surface area (Å²) in [5.41, 5.74) is 0.771. The van der Waals surface area contributed by atoms with Gasteiger partial charge in [0.05, 0.1) is 4.90 Å². The minimum absolute atomic E-state index is 0.294.